The van der Waals surface area contributed by atoms with Crippen molar-refractivity contribution in [3.8, 4) is 0 Å². The summed E-state index contributed by atoms with van der Waals surface area (Å²) in [6.07, 6.45) is 30.3. The average molecular weight is 599 g/mol. The lowest BCUT2D eigenvalue weighted by Crippen LogP contribution is -2.27. The summed E-state index contributed by atoms with van der Waals surface area (Å²) in [5, 5.41) is 19.1. The molecule has 0 aromatic heterocycles. The zero-order chi connectivity index (χ0) is 30.4. The maximum Gasteiger partial charge on any atom is 0.200 e. The van der Waals surface area contributed by atoms with Crippen molar-refractivity contribution in [1.29, 1.82) is 0 Å². The van der Waals surface area contributed by atoms with Crippen LogP contribution in [0.3, 0.4) is 0 Å². The SMILES string of the molecule is CCCCCCCCCCCCCCCC(=O)P(C(=O)CCCCCCCCCCCCCCC)C(=O)C(O)CO. The highest BCUT2D eigenvalue weighted by Gasteiger charge is 2.35. The Kier molecular flexibility index (Phi) is 30.3. The Hall–Kier alpha value is -0.640. The highest BCUT2D eigenvalue weighted by molar-refractivity contribution is 8.01. The molecule has 6 heteroatoms. The van der Waals surface area contributed by atoms with E-state index in [4.69, 9.17) is 0 Å². The van der Waals surface area contributed by atoms with Crippen LogP contribution in [-0.2, 0) is 14.4 Å². The van der Waals surface area contributed by atoms with Crippen molar-refractivity contribution in [1.82, 2.24) is 0 Å². The molecule has 242 valence electrons. The Balaban J connectivity index is 4.07. The summed E-state index contributed by atoms with van der Waals surface area (Å²) in [6, 6.07) is 0. The summed E-state index contributed by atoms with van der Waals surface area (Å²) in [4.78, 5) is 38.4. The largest absolute Gasteiger partial charge is 0.393 e. The summed E-state index contributed by atoms with van der Waals surface area (Å²) < 4.78 is 0. The smallest absolute Gasteiger partial charge is 0.200 e. The lowest BCUT2D eigenvalue weighted by Gasteiger charge is -2.16. The Morgan fingerprint density at radius 3 is 0.951 bits per heavy atom. The first-order valence-corrected chi connectivity index (χ1v) is 19.0. The van der Waals surface area contributed by atoms with Crippen molar-refractivity contribution in [3.63, 3.8) is 0 Å². The monoisotopic (exact) mass is 598 g/mol. The minimum atomic E-state index is -2.20. The Morgan fingerprint density at radius 2 is 0.707 bits per heavy atom. The Bertz CT molecular complexity index is 582. The molecular formula is C35H67O5P. The van der Waals surface area contributed by atoms with E-state index < -0.39 is 26.2 Å². The molecule has 0 fully saturated rings. The number of aliphatic hydroxyl groups is 2. The summed E-state index contributed by atoms with van der Waals surface area (Å²) in [7, 11) is -2.20. The number of unbranched alkanes of at least 4 members (excludes halogenated alkanes) is 24. The van der Waals surface area contributed by atoms with E-state index in [-0.39, 0.29) is 23.9 Å². The van der Waals surface area contributed by atoms with E-state index in [1.807, 2.05) is 0 Å². The maximum absolute atomic E-state index is 12.9. The molecule has 5 nitrogen and oxygen atoms in total. The lowest BCUT2D eigenvalue weighted by molar-refractivity contribution is -0.122. The van der Waals surface area contributed by atoms with Crippen LogP contribution in [0.5, 0.6) is 0 Å². The van der Waals surface area contributed by atoms with Crippen LogP contribution in [-0.4, -0.2) is 39.5 Å². The fourth-order valence-corrected chi connectivity index (χ4v) is 7.34. The van der Waals surface area contributed by atoms with Crippen molar-refractivity contribution >= 4 is 24.5 Å². The minimum absolute atomic E-state index is 0.220. The maximum atomic E-state index is 12.9. The zero-order valence-electron chi connectivity index (χ0n) is 27.1. The molecule has 0 aliphatic carbocycles. The van der Waals surface area contributed by atoms with Crippen LogP contribution in [0.4, 0.5) is 0 Å². The first kappa shape index (κ1) is 40.4. The quantitative estimate of drug-likeness (QED) is 0.0579. The van der Waals surface area contributed by atoms with Gasteiger partial charge in [-0.3, -0.25) is 14.4 Å². The molecule has 0 saturated carbocycles. The summed E-state index contributed by atoms with van der Waals surface area (Å²) in [5.41, 5.74) is -1.40. The molecule has 0 aliphatic heterocycles. The van der Waals surface area contributed by atoms with Crippen LogP contribution < -0.4 is 0 Å². The normalized spacial score (nSPS) is 12.2. The van der Waals surface area contributed by atoms with E-state index in [0.29, 0.717) is 12.8 Å². The second-order valence-corrected chi connectivity index (χ2v) is 14.3. The van der Waals surface area contributed by atoms with E-state index in [1.165, 1.54) is 128 Å². The Labute approximate surface area is 255 Å². The molecular weight excluding hydrogens is 531 g/mol. The fourth-order valence-electron chi connectivity index (χ4n) is 5.42. The van der Waals surface area contributed by atoms with Crippen molar-refractivity contribution in [2.45, 2.75) is 200 Å². The molecule has 41 heavy (non-hydrogen) atoms. The molecule has 0 bridgehead atoms. The summed E-state index contributed by atoms with van der Waals surface area (Å²) in [5.74, 6) is 0. The van der Waals surface area contributed by atoms with Gasteiger partial charge in [-0.25, -0.2) is 0 Å². The van der Waals surface area contributed by atoms with Gasteiger partial charge in [0.1, 0.15) is 14.0 Å². The van der Waals surface area contributed by atoms with Gasteiger partial charge >= 0.3 is 0 Å². The molecule has 1 atom stereocenters. The van der Waals surface area contributed by atoms with Crippen LogP contribution >= 0.6 is 7.92 Å². The highest BCUT2D eigenvalue weighted by atomic mass is 31.1. The number of aliphatic hydroxyl groups excluding tert-OH is 2. The molecule has 0 aliphatic rings. The average Bonchev–Trinajstić information content (AvgIpc) is 2.97. The second kappa shape index (κ2) is 30.8. The molecule has 0 radical (unpaired) electrons. The van der Waals surface area contributed by atoms with Gasteiger partial charge in [-0.1, -0.05) is 168 Å². The van der Waals surface area contributed by atoms with Gasteiger partial charge in [0.2, 0.25) is 0 Å². The second-order valence-electron chi connectivity index (χ2n) is 12.1. The molecule has 0 saturated heterocycles. The van der Waals surface area contributed by atoms with Crippen LogP contribution in [0.15, 0.2) is 0 Å². The van der Waals surface area contributed by atoms with Gasteiger partial charge in [0.25, 0.3) is 0 Å². The zero-order valence-corrected chi connectivity index (χ0v) is 28.0. The van der Waals surface area contributed by atoms with Crippen molar-refractivity contribution in [2.75, 3.05) is 6.61 Å². The molecule has 0 rings (SSSR count). The van der Waals surface area contributed by atoms with Gasteiger partial charge in [-0.2, -0.15) is 0 Å². The number of hydrogen-bond donors (Lipinski definition) is 2. The summed E-state index contributed by atoms with van der Waals surface area (Å²) >= 11 is 0. The van der Waals surface area contributed by atoms with Crippen LogP contribution in [0, 0.1) is 0 Å². The predicted molar refractivity (Wildman–Crippen MR) is 176 cm³/mol. The van der Waals surface area contributed by atoms with Crippen LogP contribution in [0.1, 0.15) is 194 Å². The lowest BCUT2D eigenvalue weighted by atomic mass is 10.0. The predicted octanol–water partition coefficient (Wildman–Crippen LogP) is 10.4. The van der Waals surface area contributed by atoms with Crippen LogP contribution in [0.2, 0.25) is 0 Å². The number of carbonyl (C=O) groups excluding carboxylic acids is 3. The summed E-state index contributed by atoms with van der Waals surface area (Å²) in [6.45, 7) is 3.75. The fraction of sp³-hybridized carbons (Fsp3) is 0.914. The van der Waals surface area contributed by atoms with E-state index >= 15 is 0 Å². The van der Waals surface area contributed by atoms with Gasteiger partial charge in [0.05, 0.1) is 6.61 Å². The van der Waals surface area contributed by atoms with Gasteiger partial charge < -0.3 is 10.2 Å². The third kappa shape index (κ3) is 24.5. The third-order valence-corrected chi connectivity index (χ3v) is 10.3. The minimum Gasteiger partial charge on any atom is -0.393 e. The van der Waals surface area contributed by atoms with Crippen molar-refractivity contribution < 1.29 is 24.6 Å². The number of hydrogen-bond acceptors (Lipinski definition) is 5. The van der Waals surface area contributed by atoms with Crippen LogP contribution in [0.25, 0.3) is 0 Å². The van der Waals surface area contributed by atoms with Crippen molar-refractivity contribution in [3.05, 3.63) is 0 Å². The van der Waals surface area contributed by atoms with E-state index in [2.05, 4.69) is 13.8 Å². The molecule has 0 amide bonds. The van der Waals surface area contributed by atoms with Crippen molar-refractivity contribution in [2.24, 2.45) is 0 Å². The van der Waals surface area contributed by atoms with Gasteiger partial charge in [0, 0.05) is 12.8 Å². The van der Waals surface area contributed by atoms with Gasteiger partial charge in [-0.15, -0.1) is 0 Å². The van der Waals surface area contributed by atoms with E-state index in [9.17, 15) is 24.6 Å². The Morgan fingerprint density at radius 1 is 0.463 bits per heavy atom. The number of rotatable bonds is 33. The van der Waals surface area contributed by atoms with Gasteiger partial charge in [-0.05, 0) is 12.8 Å². The highest BCUT2D eigenvalue weighted by Crippen LogP contribution is 2.43. The molecule has 0 spiro atoms. The van der Waals surface area contributed by atoms with E-state index in [0.717, 1.165) is 25.7 Å². The van der Waals surface area contributed by atoms with E-state index in [1.54, 1.807) is 0 Å². The standard InChI is InChI=1S/C35H67O5P/c1-3-5-7-9-11-13-15-17-19-21-23-25-27-29-33(38)41(35(40)32(37)31-36)34(39)30-28-26-24-22-20-18-16-14-12-10-8-6-4-2/h32,36-37H,3-31H2,1-2H3. The molecule has 0 heterocycles. The number of carbonyl (C=O) groups is 3. The third-order valence-electron chi connectivity index (χ3n) is 8.17. The molecule has 0 aromatic carbocycles. The molecule has 0 aromatic rings. The first-order valence-electron chi connectivity index (χ1n) is 17.7. The molecule has 2 N–H and O–H groups in total. The molecule has 1 unspecified atom stereocenters. The first-order chi connectivity index (χ1) is 20.0. The topological polar surface area (TPSA) is 91.7 Å². The van der Waals surface area contributed by atoms with Gasteiger partial charge in [0.15, 0.2) is 16.6 Å².